The molecule has 1 aliphatic heterocycles. The number of rotatable bonds is 5. The molecule has 1 saturated heterocycles. The number of nitrogens with one attached hydrogen (secondary N) is 1. The number of piperazine rings is 1. The molecule has 0 aromatic heterocycles. The van der Waals surface area contributed by atoms with E-state index in [9.17, 15) is 4.39 Å². The summed E-state index contributed by atoms with van der Waals surface area (Å²) in [7, 11) is 3.23. The quantitative estimate of drug-likeness (QED) is 0.903. The van der Waals surface area contributed by atoms with Crippen molar-refractivity contribution >= 4 is 12.4 Å². The molecule has 6 heteroatoms. The van der Waals surface area contributed by atoms with Crippen LogP contribution in [0.4, 0.5) is 4.39 Å². The van der Waals surface area contributed by atoms with Crippen LogP contribution in [0.15, 0.2) is 12.1 Å². The van der Waals surface area contributed by atoms with Crippen LogP contribution < -0.4 is 14.8 Å². The highest BCUT2D eigenvalue weighted by Gasteiger charge is 2.28. The Labute approximate surface area is 132 Å². The molecule has 120 valence electrons. The number of halogens is 2. The van der Waals surface area contributed by atoms with Crippen molar-refractivity contribution in [2.75, 3.05) is 47.1 Å². The van der Waals surface area contributed by atoms with E-state index in [-0.39, 0.29) is 18.4 Å². The predicted octanol–water partition coefficient (Wildman–Crippen LogP) is 2.35. The van der Waals surface area contributed by atoms with Crippen molar-refractivity contribution in [1.82, 2.24) is 10.2 Å². The van der Waals surface area contributed by atoms with Crippen molar-refractivity contribution in [3.63, 3.8) is 0 Å². The van der Waals surface area contributed by atoms with E-state index in [4.69, 9.17) is 9.47 Å². The van der Waals surface area contributed by atoms with E-state index in [1.165, 1.54) is 0 Å². The van der Waals surface area contributed by atoms with Crippen molar-refractivity contribution < 1.29 is 13.9 Å². The number of hydrogen-bond donors (Lipinski definition) is 1. The first-order chi connectivity index (χ1) is 9.71. The molecular weight excluding hydrogens is 295 g/mol. The first-order valence-corrected chi connectivity index (χ1v) is 6.94. The average molecular weight is 319 g/mol. The van der Waals surface area contributed by atoms with E-state index in [0.29, 0.717) is 11.5 Å². The second-order valence-corrected chi connectivity index (χ2v) is 5.04. The number of hydrogen-bond acceptors (Lipinski definition) is 4. The van der Waals surface area contributed by atoms with Gasteiger partial charge in [-0.05, 0) is 24.6 Å². The Kier molecular flexibility index (Phi) is 7.22. The number of nitrogens with zero attached hydrogens (tertiary/aromatic N) is 1. The molecule has 1 aromatic rings. The third-order valence-electron chi connectivity index (χ3n) is 3.76. The SMILES string of the molecule is COc1cc(C)cc(OC)c1[C@@H](CF)N1CCNCC1.Cl. The number of aryl methyl sites for hydroxylation is 1. The van der Waals surface area contributed by atoms with Gasteiger partial charge in [0.05, 0.1) is 25.8 Å². The Morgan fingerprint density at radius 3 is 2.14 bits per heavy atom. The zero-order chi connectivity index (χ0) is 14.5. The van der Waals surface area contributed by atoms with Gasteiger partial charge in [-0.1, -0.05) is 0 Å². The van der Waals surface area contributed by atoms with Crippen molar-refractivity contribution in [2.45, 2.75) is 13.0 Å². The molecule has 0 bridgehead atoms. The minimum absolute atomic E-state index is 0. The molecular formula is C15H24ClFN2O2. The summed E-state index contributed by atoms with van der Waals surface area (Å²) in [4.78, 5) is 2.15. The summed E-state index contributed by atoms with van der Waals surface area (Å²) >= 11 is 0. The Morgan fingerprint density at radius 1 is 1.19 bits per heavy atom. The smallest absolute Gasteiger partial charge is 0.127 e. The van der Waals surface area contributed by atoms with Gasteiger partial charge in [-0.25, -0.2) is 4.39 Å². The molecule has 0 spiro atoms. The van der Waals surface area contributed by atoms with E-state index >= 15 is 0 Å². The first-order valence-electron chi connectivity index (χ1n) is 6.94. The summed E-state index contributed by atoms with van der Waals surface area (Å²) in [5.74, 6) is 1.39. The Balaban J connectivity index is 0.00000220. The van der Waals surface area contributed by atoms with Crippen molar-refractivity contribution in [1.29, 1.82) is 0 Å². The predicted molar refractivity (Wildman–Crippen MR) is 84.7 cm³/mol. The lowest BCUT2D eigenvalue weighted by molar-refractivity contribution is 0.142. The highest BCUT2D eigenvalue weighted by atomic mass is 35.5. The van der Waals surface area contributed by atoms with Crippen LogP contribution in [0.1, 0.15) is 17.2 Å². The third-order valence-corrected chi connectivity index (χ3v) is 3.76. The molecule has 1 heterocycles. The van der Waals surface area contributed by atoms with Gasteiger partial charge in [0.15, 0.2) is 0 Å². The van der Waals surface area contributed by atoms with Gasteiger partial charge in [0.1, 0.15) is 18.2 Å². The first kappa shape index (κ1) is 18.0. The van der Waals surface area contributed by atoms with Gasteiger partial charge in [0, 0.05) is 26.2 Å². The average Bonchev–Trinajstić information content (AvgIpc) is 2.49. The summed E-state index contributed by atoms with van der Waals surface area (Å²) in [6.45, 7) is 4.95. The molecule has 0 aliphatic carbocycles. The minimum Gasteiger partial charge on any atom is -0.496 e. The second kappa shape index (κ2) is 8.41. The highest BCUT2D eigenvalue weighted by molar-refractivity contribution is 5.85. The number of alkyl halides is 1. The molecule has 0 amide bonds. The Bertz CT molecular complexity index is 428. The number of methoxy groups -OCH3 is 2. The molecule has 1 atom stereocenters. The largest absolute Gasteiger partial charge is 0.496 e. The summed E-state index contributed by atoms with van der Waals surface area (Å²) in [6, 6.07) is 3.55. The fourth-order valence-corrected chi connectivity index (χ4v) is 2.75. The molecule has 0 saturated carbocycles. The fourth-order valence-electron chi connectivity index (χ4n) is 2.75. The van der Waals surface area contributed by atoms with Gasteiger partial charge in [0.2, 0.25) is 0 Å². The van der Waals surface area contributed by atoms with Crippen LogP contribution in [0.25, 0.3) is 0 Å². The Morgan fingerprint density at radius 2 is 1.71 bits per heavy atom. The lowest BCUT2D eigenvalue weighted by atomic mass is 10.0. The molecule has 21 heavy (non-hydrogen) atoms. The maximum atomic E-state index is 13.7. The van der Waals surface area contributed by atoms with Crippen LogP contribution in [0, 0.1) is 6.92 Å². The monoisotopic (exact) mass is 318 g/mol. The van der Waals surface area contributed by atoms with Gasteiger partial charge in [-0.3, -0.25) is 4.90 Å². The molecule has 0 unspecified atom stereocenters. The highest BCUT2D eigenvalue weighted by Crippen LogP contribution is 2.38. The molecule has 1 N–H and O–H groups in total. The summed E-state index contributed by atoms with van der Waals surface area (Å²) in [6.07, 6.45) is 0. The standard InChI is InChI=1S/C15H23FN2O2.ClH/c1-11-8-13(19-2)15(14(9-11)20-3)12(10-16)18-6-4-17-5-7-18;/h8-9,12,17H,4-7,10H2,1-3H3;1H/t12-;/m1./s1. The summed E-state index contributed by atoms with van der Waals surface area (Å²) < 4.78 is 24.6. The minimum atomic E-state index is -0.449. The zero-order valence-corrected chi connectivity index (χ0v) is 13.6. The van der Waals surface area contributed by atoms with Gasteiger partial charge < -0.3 is 14.8 Å². The van der Waals surface area contributed by atoms with Gasteiger partial charge in [-0.15, -0.1) is 12.4 Å². The van der Waals surface area contributed by atoms with Crippen LogP contribution in [0.2, 0.25) is 0 Å². The van der Waals surface area contributed by atoms with Gasteiger partial charge >= 0.3 is 0 Å². The van der Waals surface area contributed by atoms with Gasteiger partial charge in [-0.2, -0.15) is 0 Å². The van der Waals surface area contributed by atoms with E-state index in [1.807, 2.05) is 19.1 Å². The maximum Gasteiger partial charge on any atom is 0.127 e. The topological polar surface area (TPSA) is 33.7 Å². The van der Waals surface area contributed by atoms with Crippen LogP contribution in [-0.2, 0) is 0 Å². The molecule has 0 radical (unpaired) electrons. The second-order valence-electron chi connectivity index (χ2n) is 5.04. The summed E-state index contributed by atoms with van der Waals surface area (Å²) in [5, 5.41) is 3.28. The fraction of sp³-hybridized carbons (Fsp3) is 0.600. The third kappa shape index (κ3) is 3.99. The number of ether oxygens (including phenoxy) is 2. The van der Waals surface area contributed by atoms with Crippen LogP contribution in [0.3, 0.4) is 0 Å². The van der Waals surface area contributed by atoms with E-state index in [2.05, 4.69) is 10.2 Å². The molecule has 1 fully saturated rings. The molecule has 1 aromatic carbocycles. The molecule has 2 rings (SSSR count). The van der Waals surface area contributed by atoms with Gasteiger partial charge in [0.25, 0.3) is 0 Å². The zero-order valence-electron chi connectivity index (χ0n) is 12.8. The number of benzene rings is 1. The van der Waals surface area contributed by atoms with Crippen LogP contribution in [0.5, 0.6) is 11.5 Å². The summed E-state index contributed by atoms with van der Waals surface area (Å²) in [5.41, 5.74) is 1.85. The van der Waals surface area contributed by atoms with Crippen molar-refractivity contribution in [3.05, 3.63) is 23.3 Å². The van der Waals surface area contributed by atoms with E-state index in [1.54, 1.807) is 14.2 Å². The van der Waals surface area contributed by atoms with Crippen molar-refractivity contribution in [2.24, 2.45) is 0 Å². The Hall–Kier alpha value is -1.04. The maximum absolute atomic E-state index is 13.7. The lowest BCUT2D eigenvalue weighted by Crippen LogP contribution is -2.45. The lowest BCUT2D eigenvalue weighted by Gasteiger charge is -2.34. The van der Waals surface area contributed by atoms with E-state index < -0.39 is 6.67 Å². The van der Waals surface area contributed by atoms with Crippen LogP contribution in [-0.4, -0.2) is 52.0 Å². The van der Waals surface area contributed by atoms with E-state index in [0.717, 1.165) is 37.3 Å². The van der Waals surface area contributed by atoms with Crippen molar-refractivity contribution in [3.8, 4) is 11.5 Å². The molecule has 1 aliphatic rings. The normalized spacial score (nSPS) is 17.0. The van der Waals surface area contributed by atoms with Crippen LogP contribution >= 0.6 is 12.4 Å². The molecule has 4 nitrogen and oxygen atoms in total.